The number of carbonyl (C=O) groups is 1. The van der Waals surface area contributed by atoms with Crippen molar-refractivity contribution < 1.29 is 9.90 Å². The molecule has 1 rings (SSSR count). The molecule has 0 radical (unpaired) electrons. The number of hydrogen-bond donors (Lipinski definition) is 0. The quantitative estimate of drug-likeness (QED) is 0.646. The van der Waals surface area contributed by atoms with Crippen LogP contribution in [0.5, 0.6) is 0 Å². The number of carboxylic acids is 1. The molecule has 1 heterocycles. The van der Waals surface area contributed by atoms with Crippen molar-refractivity contribution in [3.63, 3.8) is 0 Å². The van der Waals surface area contributed by atoms with Crippen LogP contribution in [0.1, 0.15) is 24.8 Å². The van der Waals surface area contributed by atoms with Crippen LogP contribution in [0.25, 0.3) is 0 Å². The molecule has 0 amide bonds. The highest BCUT2D eigenvalue weighted by atomic mass is 16.4. The number of pyridine rings is 1. The largest absolute Gasteiger partial charge is 0.549 e. The standard InChI is InChI=1S/C9H11NO2/c1-2-8(9(11)12)7-4-3-5-10-6-7/h3-6,8H,2H2,1H3,(H,11,12)/p-1. The van der Waals surface area contributed by atoms with Gasteiger partial charge in [-0.2, -0.15) is 0 Å². The lowest BCUT2D eigenvalue weighted by Gasteiger charge is -2.15. The van der Waals surface area contributed by atoms with Crippen LogP contribution in [0.2, 0.25) is 0 Å². The fraction of sp³-hybridized carbons (Fsp3) is 0.333. The van der Waals surface area contributed by atoms with Crippen molar-refractivity contribution in [2.45, 2.75) is 19.3 Å². The predicted molar refractivity (Wildman–Crippen MR) is 42.3 cm³/mol. The maximum atomic E-state index is 10.6. The summed E-state index contributed by atoms with van der Waals surface area (Å²) in [6.07, 6.45) is 3.71. The lowest BCUT2D eigenvalue weighted by atomic mass is 9.99. The first kappa shape index (κ1) is 8.71. The normalized spacial score (nSPS) is 12.4. The van der Waals surface area contributed by atoms with Gasteiger partial charge in [0.1, 0.15) is 0 Å². The zero-order valence-corrected chi connectivity index (χ0v) is 6.86. The van der Waals surface area contributed by atoms with Crippen LogP contribution in [0, 0.1) is 0 Å². The molecule has 3 nitrogen and oxygen atoms in total. The summed E-state index contributed by atoms with van der Waals surface area (Å²) in [6.45, 7) is 1.81. The van der Waals surface area contributed by atoms with Crippen molar-refractivity contribution in [2.75, 3.05) is 0 Å². The summed E-state index contributed by atoms with van der Waals surface area (Å²) in [7, 11) is 0. The average molecular weight is 164 g/mol. The minimum atomic E-state index is -1.04. The smallest absolute Gasteiger partial charge is 0.0489 e. The first-order valence-electron chi connectivity index (χ1n) is 3.86. The van der Waals surface area contributed by atoms with Crippen LogP contribution < -0.4 is 5.11 Å². The number of hydrogen-bond acceptors (Lipinski definition) is 3. The summed E-state index contributed by atoms with van der Waals surface area (Å²) in [4.78, 5) is 14.4. The van der Waals surface area contributed by atoms with E-state index in [4.69, 9.17) is 0 Å². The lowest BCUT2D eigenvalue weighted by Crippen LogP contribution is -2.29. The van der Waals surface area contributed by atoms with Gasteiger partial charge in [0.25, 0.3) is 0 Å². The topological polar surface area (TPSA) is 53.0 Å². The highest BCUT2D eigenvalue weighted by molar-refractivity contribution is 5.73. The van der Waals surface area contributed by atoms with Gasteiger partial charge in [-0.25, -0.2) is 0 Å². The number of carboxylic acid groups (broad SMARTS) is 1. The number of carbonyl (C=O) groups excluding carboxylic acids is 1. The Morgan fingerprint density at radius 1 is 1.75 bits per heavy atom. The molecule has 0 spiro atoms. The molecule has 3 heteroatoms. The monoisotopic (exact) mass is 164 g/mol. The van der Waals surface area contributed by atoms with Gasteiger partial charge in [0.2, 0.25) is 0 Å². The maximum Gasteiger partial charge on any atom is 0.0489 e. The molecule has 0 bridgehead atoms. The Labute approximate surface area is 71.1 Å². The first-order valence-corrected chi connectivity index (χ1v) is 3.86. The van der Waals surface area contributed by atoms with E-state index in [0.717, 1.165) is 0 Å². The van der Waals surface area contributed by atoms with Gasteiger partial charge < -0.3 is 9.90 Å². The van der Waals surface area contributed by atoms with Crippen LogP contribution in [-0.2, 0) is 4.79 Å². The zero-order chi connectivity index (χ0) is 8.97. The van der Waals surface area contributed by atoms with E-state index >= 15 is 0 Å². The van der Waals surface area contributed by atoms with Crippen molar-refractivity contribution in [2.24, 2.45) is 0 Å². The van der Waals surface area contributed by atoms with Crippen LogP contribution in [0.3, 0.4) is 0 Å². The van der Waals surface area contributed by atoms with E-state index in [1.807, 2.05) is 6.92 Å². The van der Waals surface area contributed by atoms with E-state index in [0.29, 0.717) is 12.0 Å². The summed E-state index contributed by atoms with van der Waals surface area (Å²) in [5.74, 6) is -1.57. The Morgan fingerprint density at radius 3 is 2.92 bits per heavy atom. The Hall–Kier alpha value is -1.38. The summed E-state index contributed by atoms with van der Waals surface area (Å²) >= 11 is 0. The molecule has 0 aliphatic carbocycles. The highest BCUT2D eigenvalue weighted by Gasteiger charge is 2.09. The molecule has 64 valence electrons. The summed E-state index contributed by atoms with van der Waals surface area (Å²) in [5.41, 5.74) is 0.708. The second-order valence-electron chi connectivity index (χ2n) is 2.57. The third kappa shape index (κ3) is 1.81. The van der Waals surface area contributed by atoms with Crippen LogP contribution >= 0.6 is 0 Å². The minimum Gasteiger partial charge on any atom is -0.549 e. The number of aliphatic carboxylic acids is 1. The third-order valence-corrected chi connectivity index (χ3v) is 1.78. The van der Waals surface area contributed by atoms with E-state index < -0.39 is 11.9 Å². The van der Waals surface area contributed by atoms with Crippen molar-refractivity contribution in [1.29, 1.82) is 0 Å². The molecule has 1 unspecified atom stereocenters. The van der Waals surface area contributed by atoms with Gasteiger partial charge in [-0.3, -0.25) is 4.98 Å². The first-order chi connectivity index (χ1) is 5.75. The van der Waals surface area contributed by atoms with E-state index in [-0.39, 0.29) is 0 Å². The molecule has 0 aliphatic heterocycles. The van der Waals surface area contributed by atoms with Crippen LogP contribution in [0.4, 0.5) is 0 Å². The zero-order valence-electron chi connectivity index (χ0n) is 6.86. The van der Waals surface area contributed by atoms with Gasteiger partial charge in [0.05, 0.1) is 0 Å². The molecule has 1 atom stereocenters. The van der Waals surface area contributed by atoms with Gasteiger partial charge in [-0.05, 0) is 18.1 Å². The molecule has 12 heavy (non-hydrogen) atoms. The predicted octanol–water partition coefficient (Wildman–Crippen LogP) is 0.325. The molecular formula is C9H10NO2-. The SMILES string of the molecule is CCC(C(=O)[O-])c1cccnc1. The van der Waals surface area contributed by atoms with Crippen molar-refractivity contribution in [3.05, 3.63) is 30.1 Å². The highest BCUT2D eigenvalue weighted by Crippen LogP contribution is 2.16. The van der Waals surface area contributed by atoms with Crippen molar-refractivity contribution >= 4 is 5.97 Å². The fourth-order valence-corrected chi connectivity index (χ4v) is 1.12. The molecule has 0 saturated heterocycles. The Balaban J connectivity index is 2.88. The van der Waals surface area contributed by atoms with Gasteiger partial charge in [-0.1, -0.05) is 13.0 Å². The Kier molecular flexibility index (Phi) is 2.80. The van der Waals surface area contributed by atoms with Crippen LogP contribution in [-0.4, -0.2) is 11.0 Å². The molecule has 0 saturated carbocycles. The van der Waals surface area contributed by atoms with Gasteiger partial charge >= 0.3 is 0 Å². The van der Waals surface area contributed by atoms with Crippen LogP contribution in [0.15, 0.2) is 24.5 Å². The van der Waals surface area contributed by atoms with E-state index in [1.165, 1.54) is 0 Å². The summed E-state index contributed by atoms with van der Waals surface area (Å²) in [5, 5.41) is 10.6. The second-order valence-corrected chi connectivity index (χ2v) is 2.57. The van der Waals surface area contributed by atoms with E-state index in [2.05, 4.69) is 4.98 Å². The summed E-state index contributed by atoms with van der Waals surface area (Å²) < 4.78 is 0. The molecule has 1 aromatic heterocycles. The Bertz CT molecular complexity index is 258. The van der Waals surface area contributed by atoms with E-state index in [9.17, 15) is 9.90 Å². The Morgan fingerprint density at radius 2 is 2.50 bits per heavy atom. The minimum absolute atomic E-state index is 0.529. The van der Waals surface area contributed by atoms with Gasteiger partial charge in [-0.15, -0.1) is 0 Å². The second kappa shape index (κ2) is 3.85. The molecular weight excluding hydrogens is 154 g/mol. The number of nitrogens with zero attached hydrogens (tertiary/aromatic N) is 1. The van der Waals surface area contributed by atoms with Gasteiger partial charge in [0, 0.05) is 24.3 Å². The lowest BCUT2D eigenvalue weighted by molar-refractivity contribution is -0.308. The molecule has 0 fully saturated rings. The molecule has 0 aromatic carbocycles. The molecule has 0 aliphatic rings. The fourth-order valence-electron chi connectivity index (χ4n) is 1.12. The average Bonchev–Trinajstić information content (AvgIpc) is 2.07. The molecule has 0 N–H and O–H groups in total. The summed E-state index contributed by atoms with van der Waals surface area (Å²) in [6, 6.07) is 3.47. The third-order valence-electron chi connectivity index (χ3n) is 1.78. The van der Waals surface area contributed by atoms with Gasteiger partial charge in [0.15, 0.2) is 0 Å². The van der Waals surface area contributed by atoms with Crippen molar-refractivity contribution in [1.82, 2.24) is 4.98 Å². The van der Waals surface area contributed by atoms with Crippen molar-refractivity contribution in [3.8, 4) is 0 Å². The molecule has 1 aromatic rings. The number of aromatic nitrogens is 1. The number of rotatable bonds is 3. The van der Waals surface area contributed by atoms with E-state index in [1.54, 1.807) is 24.5 Å². The maximum absolute atomic E-state index is 10.6.